The Morgan fingerprint density at radius 1 is 1.12 bits per heavy atom. The molecule has 0 spiro atoms. The molecule has 0 aromatic carbocycles. The van der Waals surface area contributed by atoms with Gasteiger partial charge in [-0.25, -0.2) is 0 Å². The molecule has 4 saturated carbocycles. The topological polar surface area (TPSA) is 0 Å². The van der Waals surface area contributed by atoms with E-state index >= 15 is 0 Å². The Hall–Kier alpha value is 0.355. The normalized spacial score (nSPS) is 44.5. The minimum absolute atomic E-state index is 0.480. The van der Waals surface area contributed by atoms with Gasteiger partial charge in [-0.3, -0.25) is 0 Å². The lowest BCUT2D eigenvalue weighted by Crippen LogP contribution is -2.55. The maximum absolute atomic E-state index is 6.84. The van der Waals surface area contributed by atoms with Crippen molar-refractivity contribution in [2.45, 2.75) is 70.9 Å². The summed E-state index contributed by atoms with van der Waals surface area (Å²) < 4.78 is 0. The Bertz CT molecular complexity index is 291. The van der Waals surface area contributed by atoms with Crippen molar-refractivity contribution in [3.8, 4) is 0 Å². The highest BCUT2D eigenvalue weighted by atomic mass is 35.5. The predicted octanol–water partition coefficient (Wildman–Crippen LogP) is 5.23. The lowest BCUT2D eigenvalue weighted by Gasteiger charge is -2.63. The number of rotatable bonds is 2. The third kappa shape index (κ3) is 1.79. The number of fused-ring (bicyclic) bond motifs is 2. The van der Waals surface area contributed by atoms with E-state index in [9.17, 15) is 0 Å². The van der Waals surface area contributed by atoms with Crippen LogP contribution in [0.25, 0.3) is 0 Å². The molecule has 4 fully saturated rings. The van der Waals surface area contributed by atoms with Gasteiger partial charge in [0.25, 0.3) is 6.13 Å². The van der Waals surface area contributed by atoms with Crippen molar-refractivity contribution < 1.29 is 0 Å². The molecule has 17 heavy (non-hydrogen) atoms. The lowest BCUT2D eigenvalue weighted by atomic mass is 9.35. The minimum Gasteiger partial charge on any atom is -0.195 e. The Morgan fingerprint density at radius 2 is 1.76 bits per heavy atom. The largest absolute Gasteiger partial charge is 0.257 e. The molecule has 0 amide bonds. The fourth-order valence-electron chi connectivity index (χ4n) is 5.24. The first-order valence-electron chi connectivity index (χ1n) is 7.66. The molecular weight excluding hydrogens is 226 g/mol. The van der Waals surface area contributed by atoms with Crippen LogP contribution in [0.2, 0.25) is 11.6 Å². The van der Waals surface area contributed by atoms with Crippen molar-refractivity contribution in [1.29, 1.82) is 0 Å². The second kappa shape index (κ2) is 4.18. The molecule has 2 bridgehead atoms. The van der Waals surface area contributed by atoms with E-state index in [0.717, 1.165) is 29.4 Å². The summed E-state index contributed by atoms with van der Waals surface area (Å²) in [5, 5.41) is 0. The first kappa shape index (κ1) is 12.4. The van der Waals surface area contributed by atoms with Crippen LogP contribution < -0.4 is 0 Å². The van der Waals surface area contributed by atoms with Crippen LogP contribution in [0.4, 0.5) is 0 Å². The monoisotopic (exact) mass is 252 g/mol. The van der Waals surface area contributed by atoms with Gasteiger partial charge >= 0.3 is 0 Å². The van der Waals surface area contributed by atoms with Crippen LogP contribution in [0.15, 0.2) is 0 Å². The molecule has 0 unspecified atom stereocenters. The van der Waals surface area contributed by atoms with Gasteiger partial charge in [-0.15, -0.1) is 0 Å². The Kier molecular flexibility index (Phi) is 3.05. The highest BCUT2D eigenvalue weighted by Gasteiger charge is 2.58. The maximum Gasteiger partial charge on any atom is 0.257 e. The van der Waals surface area contributed by atoms with Gasteiger partial charge in [-0.05, 0) is 41.2 Å². The zero-order chi connectivity index (χ0) is 12.2. The van der Waals surface area contributed by atoms with Gasteiger partial charge in [0.2, 0.25) is 0 Å². The van der Waals surface area contributed by atoms with Crippen LogP contribution in [-0.2, 0) is 0 Å². The van der Waals surface area contributed by atoms with E-state index in [1.165, 1.54) is 38.5 Å². The zero-order valence-electron chi connectivity index (χ0n) is 11.6. The molecule has 0 N–H and O–H groups in total. The van der Waals surface area contributed by atoms with Crippen molar-refractivity contribution in [2.75, 3.05) is 0 Å². The highest BCUT2D eigenvalue weighted by Crippen LogP contribution is 2.66. The van der Waals surface area contributed by atoms with Gasteiger partial charge in [-0.1, -0.05) is 52.9 Å². The molecule has 4 aliphatic rings. The first-order valence-corrected chi connectivity index (χ1v) is 8.09. The van der Waals surface area contributed by atoms with Gasteiger partial charge in [0.1, 0.15) is 0 Å². The van der Waals surface area contributed by atoms with Crippen molar-refractivity contribution in [1.82, 2.24) is 0 Å². The highest BCUT2D eigenvalue weighted by molar-refractivity contribution is 7.08. The summed E-state index contributed by atoms with van der Waals surface area (Å²) in [7, 11) is 0. The van der Waals surface area contributed by atoms with Crippen molar-refractivity contribution in [3.05, 3.63) is 0 Å². The predicted molar refractivity (Wildman–Crippen MR) is 76.7 cm³/mol. The summed E-state index contributed by atoms with van der Waals surface area (Å²) in [6.45, 7) is 7.45. The molecular formula is C15H26BCl. The summed E-state index contributed by atoms with van der Waals surface area (Å²) >= 11 is 6.84. The summed E-state index contributed by atoms with van der Waals surface area (Å²) in [6.07, 6.45) is 9.02. The average molecular weight is 253 g/mol. The van der Waals surface area contributed by atoms with Gasteiger partial charge < -0.3 is 0 Å². The molecule has 4 aliphatic carbocycles. The third-order valence-corrected chi connectivity index (χ3v) is 7.35. The van der Waals surface area contributed by atoms with E-state index in [0.29, 0.717) is 11.5 Å². The molecule has 0 saturated heterocycles. The lowest BCUT2D eigenvalue weighted by molar-refractivity contribution is -0.0989. The van der Waals surface area contributed by atoms with Gasteiger partial charge in [0.05, 0.1) is 0 Å². The third-order valence-electron chi connectivity index (χ3n) is 6.67. The van der Waals surface area contributed by atoms with Crippen LogP contribution in [-0.4, -0.2) is 6.13 Å². The maximum atomic E-state index is 6.84. The summed E-state index contributed by atoms with van der Waals surface area (Å²) in [5.74, 6) is 4.43. The number of hydrogen-bond acceptors (Lipinski definition) is 0. The SMILES string of the molecule is C[C@@H]1[C@H]2C[C@@H](C[C@H]1B(Cl)C1CCCC1)C2(C)C. The first-order chi connectivity index (χ1) is 8.01. The van der Waals surface area contributed by atoms with Crippen LogP contribution in [0.3, 0.4) is 0 Å². The van der Waals surface area contributed by atoms with Crippen molar-refractivity contribution >= 4 is 17.6 Å². The number of halogens is 1. The minimum atomic E-state index is 0.480. The summed E-state index contributed by atoms with van der Waals surface area (Å²) in [6, 6.07) is 0. The molecule has 0 nitrogen and oxygen atoms in total. The van der Waals surface area contributed by atoms with Gasteiger partial charge in [0, 0.05) is 0 Å². The summed E-state index contributed by atoms with van der Waals surface area (Å²) in [5.41, 5.74) is 0.613. The van der Waals surface area contributed by atoms with E-state index in [2.05, 4.69) is 20.8 Å². The molecule has 0 aliphatic heterocycles. The standard InChI is InChI=1S/C15H26BCl/c1-10-13-8-11(15(13,2)3)9-14(10)16(17)12-6-4-5-7-12/h10-14H,4-9H2,1-3H3/t10-,11+,13-,14-/m1/s1. The molecule has 4 atom stereocenters. The molecule has 0 aromatic heterocycles. The van der Waals surface area contributed by atoms with Crippen molar-refractivity contribution in [3.63, 3.8) is 0 Å². The molecule has 96 valence electrons. The Morgan fingerprint density at radius 3 is 2.29 bits per heavy atom. The summed E-state index contributed by atoms with van der Waals surface area (Å²) in [4.78, 5) is 0. The van der Waals surface area contributed by atoms with E-state index in [1.807, 2.05) is 0 Å². The number of hydrogen-bond donors (Lipinski definition) is 0. The van der Waals surface area contributed by atoms with Crippen LogP contribution in [0.5, 0.6) is 0 Å². The second-order valence-corrected chi connectivity index (χ2v) is 8.11. The second-order valence-electron chi connectivity index (χ2n) is 7.61. The smallest absolute Gasteiger partial charge is 0.195 e. The van der Waals surface area contributed by atoms with Gasteiger partial charge in [0.15, 0.2) is 0 Å². The molecule has 2 heteroatoms. The fourth-order valence-corrected chi connectivity index (χ4v) is 5.82. The zero-order valence-corrected chi connectivity index (χ0v) is 12.3. The quantitative estimate of drug-likeness (QED) is 0.590. The van der Waals surface area contributed by atoms with E-state index in [1.54, 1.807) is 0 Å². The average Bonchev–Trinajstić information content (AvgIpc) is 2.81. The van der Waals surface area contributed by atoms with E-state index < -0.39 is 0 Å². The van der Waals surface area contributed by atoms with Crippen LogP contribution >= 0.6 is 11.5 Å². The van der Waals surface area contributed by atoms with E-state index in [4.69, 9.17) is 11.5 Å². The molecule has 0 radical (unpaired) electrons. The molecule has 0 aromatic rings. The van der Waals surface area contributed by atoms with Crippen molar-refractivity contribution in [2.24, 2.45) is 23.2 Å². The fraction of sp³-hybridized carbons (Fsp3) is 1.00. The Balaban J connectivity index is 1.69. The van der Waals surface area contributed by atoms with Gasteiger partial charge in [-0.2, -0.15) is 11.5 Å². The molecule has 0 heterocycles. The van der Waals surface area contributed by atoms with E-state index in [-0.39, 0.29) is 0 Å². The van der Waals surface area contributed by atoms with Crippen LogP contribution in [0.1, 0.15) is 59.3 Å². The Labute approximate surface area is 112 Å². The van der Waals surface area contributed by atoms with Crippen LogP contribution in [0, 0.1) is 23.2 Å². The molecule has 4 rings (SSSR count).